The van der Waals surface area contributed by atoms with Crippen molar-refractivity contribution in [1.82, 2.24) is 30.7 Å². The molecule has 43 heavy (non-hydrogen) atoms. The highest BCUT2D eigenvalue weighted by Gasteiger charge is 2.42. The average Bonchev–Trinajstić information content (AvgIpc) is 3.21. The third-order valence-electron chi connectivity index (χ3n) is 10.6. The molecule has 0 aromatic heterocycles. The number of alkyl halides is 2. The molecule has 0 bridgehead atoms. The molecule has 10 nitrogen and oxygen atoms in total. The van der Waals surface area contributed by atoms with Gasteiger partial charge in [-0.25, -0.2) is 8.78 Å². The number of nitrogens with zero attached hydrogens (tertiary/aromatic N) is 3. The molecule has 5 rings (SSSR count). The van der Waals surface area contributed by atoms with E-state index in [4.69, 9.17) is 11.5 Å². The van der Waals surface area contributed by atoms with Crippen molar-refractivity contribution in [2.24, 2.45) is 29.2 Å². The van der Waals surface area contributed by atoms with Crippen molar-refractivity contribution in [1.29, 1.82) is 0 Å². The van der Waals surface area contributed by atoms with Crippen LogP contribution in [0.4, 0.5) is 8.78 Å². The number of halogens is 2. The van der Waals surface area contributed by atoms with Gasteiger partial charge in [0.05, 0.1) is 24.8 Å². The normalized spacial score (nSPS) is 35.0. The van der Waals surface area contributed by atoms with Crippen LogP contribution < -0.4 is 27.4 Å². The SMILES string of the molecule is CN1CCN(CC2CCN(C3C(F)CNCC3NC(=O)C(/C3=C4\CCCCCC4CCC(F)CN3)C(N)N)CC2)CC1=O. The second-order valence-corrected chi connectivity index (χ2v) is 13.7. The molecule has 7 N–H and O–H groups in total. The summed E-state index contributed by atoms with van der Waals surface area (Å²) < 4.78 is 30.3. The van der Waals surface area contributed by atoms with E-state index in [9.17, 15) is 14.0 Å². The first-order valence-corrected chi connectivity index (χ1v) is 16.7. The highest BCUT2D eigenvalue weighted by atomic mass is 19.1. The van der Waals surface area contributed by atoms with Gasteiger partial charge in [0, 0.05) is 52.0 Å². The monoisotopic (exact) mass is 608 g/mol. The van der Waals surface area contributed by atoms with Crippen LogP contribution in [0, 0.1) is 17.8 Å². The first-order chi connectivity index (χ1) is 20.7. The summed E-state index contributed by atoms with van der Waals surface area (Å²) in [7, 11) is 1.85. The van der Waals surface area contributed by atoms with Crippen LogP contribution in [0.3, 0.4) is 0 Å². The van der Waals surface area contributed by atoms with Crippen molar-refractivity contribution < 1.29 is 18.4 Å². The van der Waals surface area contributed by atoms with Gasteiger partial charge in [-0.05, 0) is 75.4 Å². The van der Waals surface area contributed by atoms with Gasteiger partial charge in [0.2, 0.25) is 11.8 Å². The Labute approximate surface area is 255 Å². The van der Waals surface area contributed by atoms with Crippen LogP contribution in [0.5, 0.6) is 0 Å². The number of carbonyl (C=O) groups excluding carboxylic acids is 2. The lowest BCUT2D eigenvalue weighted by molar-refractivity contribution is -0.134. The topological polar surface area (TPSA) is 132 Å². The van der Waals surface area contributed by atoms with Gasteiger partial charge in [-0.3, -0.25) is 19.4 Å². The zero-order chi connectivity index (χ0) is 30.5. The third-order valence-corrected chi connectivity index (χ3v) is 10.6. The van der Waals surface area contributed by atoms with E-state index in [1.807, 2.05) is 7.05 Å². The number of fused-ring (bicyclic) bond motifs is 1. The number of carbonyl (C=O) groups is 2. The van der Waals surface area contributed by atoms with Gasteiger partial charge in [-0.1, -0.05) is 12.8 Å². The van der Waals surface area contributed by atoms with Crippen molar-refractivity contribution in [3.8, 4) is 0 Å². The number of likely N-dealkylation sites (N-methyl/N-ethyl adjacent to an activating group) is 1. The van der Waals surface area contributed by atoms with Crippen LogP contribution in [0.15, 0.2) is 11.3 Å². The van der Waals surface area contributed by atoms with Crippen LogP contribution in [0.1, 0.15) is 57.8 Å². The Bertz CT molecular complexity index is 991. The number of likely N-dealkylation sites (tertiary alicyclic amines) is 1. The minimum absolute atomic E-state index is 0.138. The second kappa shape index (κ2) is 14.9. The number of allylic oxidation sites excluding steroid dienone is 1. The summed E-state index contributed by atoms with van der Waals surface area (Å²) >= 11 is 0. The minimum atomic E-state index is -1.13. The Hall–Kier alpha value is -1.86. The van der Waals surface area contributed by atoms with E-state index in [1.165, 1.54) is 5.57 Å². The quantitative estimate of drug-likeness (QED) is 0.267. The molecule has 4 heterocycles. The zero-order valence-electron chi connectivity index (χ0n) is 25.9. The number of piperazine rings is 1. The standard InChI is InChI=1S/C31H54F2N8O2/c1-39-13-14-40(19-26(39)42)18-20-9-11-41(12-10-20)29-24(33)16-36-17-25(29)38-31(43)27(30(34)35)28-23-6-4-2-3-5-21(23)7-8-22(32)15-37-28/h20-22,24-25,27,29-30,36-37H,2-19,34-35H2,1H3,(H,38,43)/b28-23-. The van der Waals surface area contributed by atoms with Crippen LogP contribution in [0.25, 0.3) is 0 Å². The number of amides is 2. The number of hydrogen-bond donors (Lipinski definition) is 5. The van der Waals surface area contributed by atoms with E-state index < -0.39 is 36.5 Å². The summed E-state index contributed by atoms with van der Waals surface area (Å²) in [6.45, 7) is 5.35. The molecule has 6 unspecified atom stereocenters. The molecule has 0 spiro atoms. The molecule has 6 atom stereocenters. The predicted molar refractivity (Wildman–Crippen MR) is 163 cm³/mol. The summed E-state index contributed by atoms with van der Waals surface area (Å²) in [6.07, 6.45) is 5.16. The van der Waals surface area contributed by atoms with Crippen molar-refractivity contribution in [2.75, 3.05) is 66.0 Å². The molecular formula is C31H54F2N8O2. The van der Waals surface area contributed by atoms with Crippen LogP contribution >= 0.6 is 0 Å². The molecule has 0 aromatic carbocycles. The molecule has 2 amide bonds. The Morgan fingerprint density at radius 2 is 1.79 bits per heavy atom. The number of rotatable bonds is 7. The number of piperidine rings is 2. The van der Waals surface area contributed by atoms with Gasteiger partial charge in [0.1, 0.15) is 18.3 Å². The van der Waals surface area contributed by atoms with Crippen molar-refractivity contribution in [2.45, 2.75) is 88.4 Å². The molecule has 1 saturated carbocycles. The fourth-order valence-electron chi connectivity index (χ4n) is 8.09. The molecule has 12 heteroatoms. The number of hydrogen-bond acceptors (Lipinski definition) is 8. The van der Waals surface area contributed by atoms with Gasteiger partial charge < -0.3 is 32.3 Å². The summed E-state index contributed by atoms with van der Waals surface area (Å²) in [5.41, 5.74) is 14.5. The Kier molecular flexibility index (Phi) is 11.3. The highest BCUT2D eigenvalue weighted by Crippen LogP contribution is 2.37. The summed E-state index contributed by atoms with van der Waals surface area (Å²) in [5, 5.41) is 9.60. The fourth-order valence-corrected chi connectivity index (χ4v) is 8.09. The minimum Gasteiger partial charge on any atom is -0.385 e. The van der Waals surface area contributed by atoms with Gasteiger partial charge in [0.15, 0.2) is 0 Å². The van der Waals surface area contributed by atoms with Gasteiger partial charge in [0.25, 0.3) is 0 Å². The second-order valence-electron chi connectivity index (χ2n) is 13.7. The Morgan fingerprint density at radius 1 is 1.00 bits per heavy atom. The molecule has 0 aromatic rings. The molecule has 5 aliphatic rings. The summed E-state index contributed by atoms with van der Waals surface area (Å²) in [4.78, 5) is 32.4. The fraction of sp³-hybridized carbons (Fsp3) is 0.871. The molecule has 4 aliphatic heterocycles. The molecule has 0 radical (unpaired) electrons. The smallest absolute Gasteiger partial charge is 0.236 e. The van der Waals surface area contributed by atoms with E-state index in [0.717, 1.165) is 84.1 Å². The van der Waals surface area contributed by atoms with E-state index in [1.54, 1.807) is 4.90 Å². The maximum Gasteiger partial charge on any atom is 0.236 e. The molecule has 1 aliphatic carbocycles. The van der Waals surface area contributed by atoms with Gasteiger partial charge in [-0.2, -0.15) is 0 Å². The number of nitrogens with two attached hydrogens (primary N) is 2. The lowest BCUT2D eigenvalue weighted by Crippen LogP contribution is -2.67. The third kappa shape index (κ3) is 8.06. The summed E-state index contributed by atoms with van der Waals surface area (Å²) in [6, 6.07) is -0.892. The largest absolute Gasteiger partial charge is 0.385 e. The van der Waals surface area contributed by atoms with E-state index in [-0.39, 0.29) is 30.8 Å². The Morgan fingerprint density at radius 3 is 2.53 bits per heavy atom. The van der Waals surface area contributed by atoms with Crippen molar-refractivity contribution >= 4 is 11.8 Å². The predicted octanol–water partition coefficient (Wildman–Crippen LogP) is 0.683. The van der Waals surface area contributed by atoms with Crippen molar-refractivity contribution in [3.05, 3.63) is 11.3 Å². The van der Waals surface area contributed by atoms with Crippen LogP contribution in [-0.4, -0.2) is 123 Å². The summed E-state index contributed by atoms with van der Waals surface area (Å²) in [5.74, 6) is -0.311. The maximum atomic E-state index is 15.6. The Balaban J connectivity index is 1.26. The van der Waals surface area contributed by atoms with Gasteiger partial charge in [-0.15, -0.1) is 0 Å². The molecule has 244 valence electrons. The lowest BCUT2D eigenvalue weighted by Gasteiger charge is -2.46. The molecule has 4 fully saturated rings. The van der Waals surface area contributed by atoms with Crippen LogP contribution in [0.2, 0.25) is 0 Å². The lowest BCUT2D eigenvalue weighted by atomic mass is 9.82. The highest BCUT2D eigenvalue weighted by molar-refractivity contribution is 5.83. The molecule has 3 saturated heterocycles. The average molecular weight is 609 g/mol. The zero-order valence-corrected chi connectivity index (χ0v) is 25.9. The van der Waals surface area contributed by atoms with E-state index in [0.29, 0.717) is 31.1 Å². The number of nitrogens with one attached hydrogen (secondary N) is 3. The van der Waals surface area contributed by atoms with Crippen molar-refractivity contribution in [3.63, 3.8) is 0 Å². The maximum absolute atomic E-state index is 15.6. The molecular weight excluding hydrogens is 554 g/mol. The van der Waals surface area contributed by atoms with E-state index >= 15 is 4.39 Å². The van der Waals surface area contributed by atoms with Gasteiger partial charge >= 0.3 is 0 Å². The van der Waals surface area contributed by atoms with E-state index in [2.05, 4.69) is 25.8 Å². The first-order valence-electron chi connectivity index (χ1n) is 16.7. The van der Waals surface area contributed by atoms with Crippen LogP contribution in [-0.2, 0) is 9.59 Å². The first kappa shape index (κ1) is 32.5.